The smallest absolute Gasteiger partial charge is 0.142 e. The Kier molecular flexibility index (Phi) is 2.37. The van der Waals surface area contributed by atoms with Crippen molar-refractivity contribution >= 4 is 0 Å². The maximum absolute atomic E-state index is 13.7. The molecule has 1 aromatic heterocycles. The minimum atomic E-state index is -1.12. The van der Waals surface area contributed by atoms with Gasteiger partial charge in [-0.15, -0.1) is 0 Å². The summed E-state index contributed by atoms with van der Waals surface area (Å²) in [5.74, 6) is -2.86. The van der Waals surface area contributed by atoms with Crippen LogP contribution in [0, 0.1) is 17.5 Å². The van der Waals surface area contributed by atoms with Crippen molar-refractivity contribution in [1.82, 2.24) is 14.8 Å². The summed E-state index contributed by atoms with van der Waals surface area (Å²) < 4.78 is 46.8. The highest BCUT2D eigenvalue weighted by Gasteiger charge is 2.51. The van der Waals surface area contributed by atoms with E-state index in [4.69, 9.17) is 4.74 Å². The van der Waals surface area contributed by atoms with Gasteiger partial charge in [0.2, 0.25) is 0 Å². The van der Waals surface area contributed by atoms with E-state index in [2.05, 4.69) is 10.1 Å². The summed E-state index contributed by atoms with van der Waals surface area (Å²) in [5, 5.41) is 3.85. The molecule has 2 aromatic rings. The summed E-state index contributed by atoms with van der Waals surface area (Å²) in [7, 11) is 0. The van der Waals surface area contributed by atoms with Crippen molar-refractivity contribution in [2.75, 3.05) is 6.61 Å². The number of ether oxygens (including phenoxy) is 1. The van der Waals surface area contributed by atoms with Gasteiger partial charge in [0.25, 0.3) is 0 Å². The van der Waals surface area contributed by atoms with Crippen molar-refractivity contribution in [3.05, 3.63) is 47.8 Å². The summed E-state index contributed by atoms with van der Waals surface area (Å²) >= 11 is 0. The van der Waals surface area contributed by atoms with E-state index in [1.165, 1.54) is 17.3 Å². The lowest BCUT2D eigenvalue weighted by Crippen LogP contribution is -2.21. The summed E-state index contributed by atoms with van der Waals surface area (Å²) in [6, 6.07) is 1.28. The monoisotopic (exact) mass is 255 g/mol. The second-order valence-electron chi connectivity index (χ2n) is 4.12. The Bertz CT molecular complexity index is 558. The molecule has 2 heterocycles. The number of halogens is 3. The third-order valence-electron chi connectivity index (χ3n) is 2.84. The highest BCUT2D eigenvalue weighted by atomic mass is 19.1. The highest BCUT2D eigenvalue weighted by molar-refractivity contribution is 5.30. The number of nitrogens with zero attached hydrogens (tertiary/aromatic N) is 3. The number of rotatable bonds is 3. The summed E-state index contributed by atoms with van der Waals surface area (Å²) in [6.07, 6.45) is 2.73. The first kappa shape index (κ1) is 11.2. The topological polar surface area (TPSA) is 43.2 Å². The van der Waals surface area contributed by atoms with Crippen molar-refractivity contribution in [1.29, 1.82) is 0 Å². The molecule has 94 valence electrons. The molecule has 0 spiro atoms. The molecule has 3 rings (SSSR count). The van der Waals surface area contributed by atoms with Crippen LogP contribution in [0.25, 0.3) is 0 Å². The largest absolute Gasteiger partial charge is 0.362 e. The molecule has 0 saturated carbocycles. The van der Waals surface area contributed by atoms with E-state index in [1.807, 2.05) is 0 Å². The van der Waals surface area contributed by atoms with Crippen LogP contribution >= 0.6 is 0 Å². The Morgan fingerprint density at radius 1 is 1.28 bits per heavy atom. The van der Waals surface area contributed by atoms with Crippen LogP contribution in [0.15, 0.2) is 24.8 Å². The van der Waals surface area contributed by atoms with Crippen LogP contribution in [-0.2, 0) is 16.9 Å². The van der Waals surface area contributed by atoms with E-state index in [1.54, 1.807) is 0 Å². The second kappa shape index (κ2) is 3.81. The average Bonchev–Trinajstić information content (AvgIpc) is 2.85. The molecule has 1 unspecified atom stereocenters. The summed E-state index contributed by atoms with van der Waals surface area (Å²) in [4.78, 5) is 3.74. The average molecular weight is 255 g/mol. The molecule has 0 N–H and O–H groups in total. The van der Waals surface area contributed by atoms with Gasteiger partial charge in [-0.1, -0.05) is 0 Å². The predicted molar refractivity (Wildman–Crippen MR) is 54.0 cm³/mol. The number of aromatic nitrogens is 3. The number of hydrogen-bond acceptors (Lipinski definition) is 3. The number of benzene rings is 1. The summed E-state index contributed by atoms with van der Waals surface area (Å²) in [5.41, 5.74) is -1.38. The van der Waals surface area contributed by atoms with Gasteiger partial charge in [-0.3, -0.25) is 0 Å². The Morgan fingerprint density at radius 3 is 2.44 bits per heavy atom. The molecule has 0 bridgehead atoms. The zero-order valence-corrected chi connectivity index (χ0v) is 9.11. The fourth-order valence-electron chi connectivity index (χ4n) is 1.96. The maximum Gasteiger partial charge on any atom is 0.142 e. The van der Waals surface area contributed by atoms with Gasteiger partial charge in [0, 0.05) is 12.1 Å². The van der Waals surface area contributed by atoms with Gasteiger partial charge < -0.3 is 4.74 Å². The van der Waals surface area contributed by atoms with Gasteiger partial charge in [-0.05, 0) is 0 Å². The van der Waals surface area contributed by atoms with Crippen LogP contribution in [0.2, 0.25) is 0 Å². The van der Waals surface area contributed by atoms with Gasteiger partial charge in [-0.25, -0.2) is 22.8 Å². The Morgan fingerprint density at radius 2 is 1.94 bits per heavy atom. The third-order valence-corrected chi connectivity index (χ3v) is 2.84. The van der Waals surface area contributed by atoms with Crippen molar-refractivity contribution in [3.8, 4) is 0 Å². The fraction of sp³-hybridized carbons (Fsp3) is 0.273. The number of hydrogen-bond donors (Lipinski definition) is 0. The van der Waals surface area contributed by atoms with Crippen molar-refractivity contribution < 1.29 is 17.9 Å². The SMILES string of the molecule is Fc1cc(F)c(C2(Cn3cncn3)CO2)c(F)c1. The van der Waals surface area contributed by atoms with E-state index in [-0.39, 0.29) is 18.7 Å². The van der Waals surface area contributed by atoms with Crippen molar-refractivity contribution in [2.24, 2.45) is 0 Å². The van der Waals surface area contributed by atoms with Gasteiger partial charge in [0.15, 0.2) is 0 Å². The van der Waals surface area contributed by atoms with Crippen LogP contribution < -0.4 is 0 Å². The third kappa shape index (κ3) is 1.76. The van der Waals surface area contributed by atoms with E-state index in [0.717, 1.165) is 0 Å². The molecule has 1 fully saturated rings. The fourth-order valence-corrected chi connectivity index (χ4v) is 1.96. The van der Waals surface area contributed by atoms with E-state index in [9.17, 15) is 13.2 Å². The molecule has 1 aliphatic heterocycles. The molecule has 0 amide bonds. The first-order valence-corrected chi connectivity index (χ1v) is 5.22. The van der Waals surface area contributed by atoms with Crippen molar-refractivity contribution in [3.63, 3.8) is 0 Å². The van der Waals surface area contributed by atoms with Gasteiger partial charge in [-0.2, -0.15) is 5.10 Å². The second-order valence-corrected chi connectivity index (χ2v) is 4.12. The molecular formula is C11H8F3N3O. The van der Waals surface area contributed by atoms with Crippen LogP contribution in [0.3, 0.4) is 0 Å². The van der Waals surface area contributed by atoms with Gasteiger partial charge in [0.05, 0.1) is 18.7 Å². The Balaban J connectivity index is 1.99. The molecular weight excluding hydrogens is 247 g/mol. The molecule has 1 atom stereocenters. The first-order chi connectivity index (χ1) is 8.61. The minimum Gasteiger partial charge on any atom is -0.362 e. The van der Waals surface area contributed by atoms with Crippen LogP contribution in [0.5, 0.6) is 0 Å². The number of epoxide rings is 1. The zero-order valence-electron chi connectivity index (χ0n) is 9.11. The molecule has 7 heteroatoms. The van der Waals surface area contributed by atoms with Crippen LogP contribution in [0.1, 0.15) is 5.56 Å². The van der Waals surface area contributed by atoms with Crippen LogP contribution in [-0.4, -0.2) is 21.4 Å². The Labute approximate surface area is 100 Å². The standard InChI is InChI=1S/C11H8F3N3O/c12-7-1-8(13)10(9(14)2-7)11(4-18-11)3-17-6-15-5-16-17/h1-2,5-6H,3-4H2. The van der Waals surface area contributed by atoms with Gasteiger partial charge >= 0.3 is 0 Å². The lowest BCUT2D eigenvalue weighted by atomic mass is 9.98. The molecule has 1 saturated heterocycles. The molecule has 4 nitrogen and oxygen atoms in total. The summed E-state index contributed by atoms with van der Waals surface area (Å²) in [6.45, 7) is 0.290. The van der Waals surface area contributed by atoms with Crippen LogP contribution in [0.4, 0.5) is 13.2 Å². The Hall–Kier alpha value is -1.89. The quantitative estimate of drug-likeness (QED) is 0.783. The van der Waals surface area contributed by atoms with Gasteiger partial charge in [0.1, 0.15) is 35.7 Å². The van der Waals surface area contributed by atoms with E-state index in [0.29, 0.717) is 12.1 Å². The normalized spacial score (nSPS) is 22.2. The molecule has 18 heavy (non-hydrogen) atoms. The lowest BCUT2D eigenvalue weighted by molar-refractivity contribution is 0.254. The first-order valence-electron chi connectivity index (χ1n) is 5.22. The molecule has 1 aliphatic rings. The zero-order chi connectivity index (χ0) is 12.8. The minimum absolute atomic E-state index is 0.131. The molecule has 1 aromatic carbocycles. The predicted octanol–water partition coefficient (Wildman–Crippen LogP) is 1.62. The van der Waals surface area contributed by atoms with E-state index >= 15 is 0 Å². The molecule has 0 aliphatic carbocycles. The highest BCUT2D eigenvalue weighted by Crippen LogP contribution is 2.42. The maximum atomic E-state index is 13.7. The molecule has 0 radical (unpaired) electrons. The van der Waals surface area contributed by atoms with Crippen molar-refractivity contribution in [2.45, 2.75) is 12.1 Å². The van der Waals surface area contributed by atoms with E-state index < -0.39 is 23.1 Å². The lowest BCUT2D eigenvalue weighted by Gasteiger charge is -2.14.